The van der Waals surface area contributed by atoms with E-state index in [1.807, 2.05) is 23.4 Å². The first-order valence-electron chi connectivity index (χ1n) is 10.1. The van der Waals surface area contributed by atoms with Crippen molar-refractivity contribution in [2.75, 3.05) is 19.6 Å². The second-order valence-corrected chi connectivity index (χ2v) is 8.41. The number of fused-ring (bicyclic) bond motifs is 4. The van der Waals surface area contributed by atoms with Crippen LogP contribution in [0.1, 0.15) is 49.9 Å². The van der Waals surface area contributed by atoms with Gasteiger partial charge in [0.2, 0.25) is 11.8 Å². The molecule has 1 aromatic heterocycles. The molecule has 0 N–H and O–H groups in total. The van der Waals surface area contributed by atoms with Gasteiger partial charge in [0.05, 0.1) is 11.6 Å². The zero-order valence-corrected chi connectivity index (χ0v) is 16.0. The minimum atomic E-state index is 0.0208. The molecular weight excluding hydrogens is 328 g/mol. The second-order valence-electron chi connectivity index (χ2n) is 8.41. The van der Waals surface area contributed by atoms with Crippen molar-refractivity contribution in [3.05, 3.63) is 17.5 Å². The van der Waals surface area contributed by atoms with Crippen molar-refractivity contribution in [2.45, 2.75) is 65.0 Å². The lowest BCUT2D eigenvalue weighted by molar-refractivity contribution is -0.140. The third-order valence-electron chi connectivity index (χ3n) is 6.16. The summed E-state index contributed by atoms with van der Waals surface area (Å²) in [7, 11) is 0. The first-order chi connectivity index (χ1) is 12.5. The average Bonchev–Trinajstić information content (AvgIpc) is 3.40. The molecule has 3 aliphatic heterocycles. The van der Waals surface area contributed by atoms with Gasteiger partial charge in [-0.2, -0.15) is 5.10 Å². The molecular formula is C20H30N4O2. The number of carbonyl (C=O) groups is 2. The van der Waals surface area contributed by atoms with E-state index < -0.39 is 0 Å². The van der Waals surface area contributed by atoms with E-state index in [4.69, 9.17) is 0 Å². The minimum Gasteiger partial charge on any atom is -0.340 e. The van der Waals surface area contributed by atoms with Crippen LogP contribution in [0.3, 0.4) is 0 Å². The molecule has 4 heterocycles. The van der Waals surface area contributed by atoms with Crippen LogP contribution in [-0.2, 0) is 16.1 Å². The Kier molecular flexibility index (Phi) is 4.76. The Labute approximate surface area is 155 Å². The molecule has 0 unspecified atom stereocenters. The molecule has 0 spiro atoms. The summed E-state index contributed by atoms with van der Waals surface area (Å²) in [5.41, 5.74) is 2.16. The highest BCUT2D eigenvalue weighted by Crippen LogP contribution is 2.35. The number of nitrogens with zero attached hydrogens (tertiary/aromatic N) is 4. The summed E-state index contributed by atoms with van der Waals surface area (Å²) in [4.78, 5) is 29.6. The van der Waals surface area contributed by atoms with Gasteiger partial charge in [0.15, 0.2) is 0 Å². The lowest BCUT2D eigenvalue weighted by atomic mass is 9.94. The first kappa shape index (κ1) is 17.6. The van der Waals surface area contributed by atoms with Crippen molar-refractivity contribution in [3.8, 4) is 0 Å². The fourth-order valence-electron chi connectivity index (χ4n) is 4.50. The van der Waals surface area contributed by atoms with Gasteiger partial charge in [0.25, 0.3) is 0 Å². The van der Waals surface area contributed by atoms with Crippen LogP contribution in [0.25, 0.3) is 0 Å². The number of aryl methyl sites for hydroxylation is 3. The van der Waals surface area contributed by atoms with E-state index in [-0.39, 0.29) is 17.9 Å². The van der Waals surface area contributed by atoms with Crippen molar-refractivity contribution >= 4 is 11.8 Å². The molecule has 26 heavy (non-hydrogen) atoms. The molecule has 1 saturated carbocycles. The smallest absolute Gasteiger partial charge is 0.227 e. The largest absolute Gasteiger partial charge is 0.340 e. The fourth-order valence-corrected chi connectivity index (χ4v) is 4.50. The summed E-state index contributed by atoms with van der Waals surface area (Å²) >= 11 is 0. The van der Waals surface area contributed by atoms with Gasteiger partial charge in [-0.3, -0.25) is 14.3 Å². The summed E-state index contributed by atoms with van der Waals surface area (Å²) in [5, 5.41) is 4.46. The van der Waals surface area contributed by atoms with E-state index in [1.54, 1.807) is 0 Å². The van der Waals surface area contributed by atoms with E-state index in [1.165, 1.54) is 12.8 Å². The standard InChI is InChI=1S/C20H30N4O2/c1-14-10-15(2)24(21-14)9-3-4-19(25)22-12-17-7-8-18(13-22)23(20(17)26)11-16-5-6-16/h10,16-18H,3-9,11-13H2,1-2H3/t17-,18+/m1/s1. The Morgan fingerprint density at radius 2 is 2.00 bits per heavy atom. The zero-order valence-electron chi connectivity index (χ0n) is 16.0. The summed E-state index contributed by atoms with van der Waals surface area (Å²) in [6.45, 7) is 7.09. The van der Waals surface area contributed by atoms with Gasteiger partial charge < -0.3 is 9.80 Å². The number of aromatic nitrogens is 2. The molecule has 3 saturated heterocycles. The van der Waals surface area contributed by atoms with Crippen LogP contribution in [0.4, 0.5) is 0 Å². The van der Waals surface area contributed by atoms with Crippen LogP contribution >= 0.6 is 0 Å². The number of carbonyl (C=O) groups excluding carboxylic acids is 2. The van der Waals surface area contributed by atoms with E-state index >= 15 is 0 Å². The maximum absolute atomic E-state index is 12.8. The highest BCUT2D eigenvalue weighted by molar-refractivity contribution is 5.83. The predicted molar refractivity (Wildman–Crippen MR) is 98.5 cm³/mol. The highest BCUT2D eigenvalue weighted by Gasteiger charge is 2.43. The summed E-state index contributed by atoms with van der Waals surface area (Å²) in [5.74, 6) is 1.23. The van der Waals surface area contributed by atoms with Crippen LogP contribution in [0, 0.1) is 25.7 Å². The molecule has 2 amide bonds. The van der Waals surface area contributed by atoms with Crippen LogP contribution in [0.5, 0.6) is 0 Å². The van der Waals surface area contributed by atoms with E-state index in [9.17, 15) is 9.59 Å². The predicted octanol–water partition coefficient (Wildman–Crippen LogP) is 2.14. The summed E-state index contributed by atoms with van der Waals surface area (Å²) < 4.78 is 1.98. The van der Waals surface area contributed by atoms with Gasteiger partial charge in [-0.15, -0.1) is 0 Å². The molecule has 0 radical (unpaired) electrons. The molecule has 1 aliphatic carbocycles. The van der Waals surface area contributed by atoms with Gasteiger partial charge in [-0.05, 0) is 57.9 Å². The Morgan fingerprint density at radius 3 is 2.69 bits per heavy atom. The van der Waals surface area contributed by atoms with Gasteiger partial charge in [0, 0.05) is 44.3 Å². The van der Waals surface area contributed by atoms with Crippen LogP contribution in [0.2, 0.25) is 0 Å². The molecule has 142 valence electrons. The lowest BCUT2D eigenvalue weighted by Crippen LogP contribution is -2.48. The molecule has 4 aliphatic rings. The van der Waals surface area contributed by atoms with E-state index in [0.29, 0.717) is 24.8 Å². The molecule has 2 bridgehead atoms. The number of rotatable bonds is 6. The van der Waals surface area contributed by atoms with Gasteiger partial charge in [0.1, 0.15) is 0 Å². The monoisotopic (exact) mass is 358 g/mol. The van der Waals surface area contributed by atoms with Crippen molar-refractivity contribution in [1.82, 2.24) is 19.6 Å². The van der Waals surface area contributed by atoms with E-state index in [2.05, 4.69) is 16.1 Å². The minimum absolute atomic E-state index is 0.0208. The maximum Gasteiger partial charge on any atom is 0.227 e. The molecule has 6 heteroatoms. The van der Waals surface area contributed by atoms with Gasteiger partial charge in [-0.1, -0.05) is 0 Å². The third-order valence-corrected chi connectivity index (χ3v) is 6.16. The molecule has 0 aromatic carbocycles. The van der Waals surface area contributed by atoms with E-state index in [0.717, 1.165) is 50.3 Å². The Bertz CT molecular complexity index is 694. The SMILES string of the molecule is Cc1cc(C)n(CCCC(=O)N2C[C@H]3CC[C@@H](C2)N(CC2CC2)C3=O)n1. The molecule has 6 nitrogen and oxygen atoms in total. The summed E-state index contributed by atoms with van der Waals surface area (Å²) in [6.07, 6.45) is 5.85. The Hall–Kier alpha value is -1.85. The quantitative estimate of drug-likeness (QED) is 0.783. The van der Waals surface area contributed by atoms with Gasteiger partial charge in [-0.25, -0.2) is 0 Å². The number of piperidine rings is 1. The molecule has 5 rings (SSSR count). The Balaban J connectivity index is 1.33. The molecule has 1 aromatic rings. The Morgan fingerprint density at radius 1 is 1.19 bits per heavy atom. The van der Waals surface area contributed by atoms with Crippen molar-refractivity contribution in [3.63, 3.8) is 0 Å². The summed E-state index contributed by atoms with van der Waals surface area (Å²) in [6, 6.07) is 2.30. The van der Waals surface area contributed by atoms with Crippen LogP contribution in [0.15, 0.2) is 6.07 Å². The normalized spacial score (nSPS) is 25.7. The first-order valence-corrected chi connectivity index (χ1v) is 10.1. The van der Waals surface area contributed by atoms with Gasteiger partial charge >= 0.3 is 0 Å². The second kappa shape index (κ2) is 7.05. The number of hydrogen-bond donors (Lipinski definition) is 0. The van der Waals surface area contributed by atoms with Crippen LogP contribution < -0.4 is 0 Å². The fraction of sp³-hybridized carbons (Fsp3) is 0.750. The topological polar surface area (TPSA) is 58.4 Å². The number of hydrogen-bond acceptors (Lipinski definition) is 3. The lowest BCUT2D eigenvalue weighted by Gasteiger charge is -2.36. The highest BCUT2D eigenvalue weighted by atomic mass is 16.2. The van der Waals surface area contributed by atoms with Crippen molar-refractivity contribution in [1.29, 1.82) is 0 Å². The molecule has 2 atom stereocenters. The third kappa shape index (κ3) is 3.64. The zero-order chi connectivity index (χ0) is 18.3. The van der Waals surface area contributed by atoms with Crippen molar-refractivity contribution < 1.29 is 9.59 Å². The average molecular weight is 358 g/mol. The van der Waals surface area contributed by atoms with Crippen LogP contribution in [-0.4, -0.2) is 57.1 Å². The number of amides is 2. The maximum atomic E-state index is 12.8. The molecule has 4 fully saturated rings. The van der Waals surface area contributed by atoms with Crippen molar-refractivity contribution in [2.24, 2.45) is 11.8 Å².